The van der Waals surface area contributed by atoms with Crippen LogP contribution in [-0.4, -0.2) is 18.4 Å². The molecule has 6 nitrogen and oxygen atoms in total. The first-order valence-electron chi connectivity index (χ1n) is 7.30. The lowest BCUT2D eigenvalue weighted by atomic mass is 9.98. The fourth-order valence-electron chi connectivity index (χ4n) is 2.51. The molecule has 4 N–H and O–H groups in total. The Hall–Kier alpha value is -2.55. The highest BCUT2D eigenvalue weighted by atomic mass is 35.5. The molecule has 1 heterocycles. The molecular weight excluding hydrogens is 379 g/mol. The molecule has 1 aromatic heterocycles. The Morgan fingerprint density at radius 1 is 1.00 bits per heavy atom. The lowest BCUT2D eigenvalue weighted by Gasteiger charge is -2.10. The third-order valence-electron chi connectivity index (χ3n) is 3.60. The third kappa shape index (κ3) is 4.54. The van der Waals surface area contributed by atoms with Crippen molar-refractivity contribution < 1.29 is 12.8 Å². The van der Waals surface area contributed by atoms with E-state index in [4.69, 9.17) is 10.9 Å². The summed E-state index contributed by atoms with van der Waals surface area (Å²) in [5.74, 6) is -0.574. The van der Waals surface area contributed by atoms with E-state index in [-0.39, 0.29) is 29.5 Å². The lowest BCUT2D eigenvalue weighted by molar-refractivity contribution is 0.597. The van der Waals surface area contributed by atoms with Gasteiger partial charge in [0.15, 0.2) is 0 Å². The molecule has 0 saturated heterocycles. The lowest BCUT2D eigenvalue weighted by Crippen LogP contribution is -2.15. The van der Waals surface area contributed by atoms with Gasteiger partial charge >= 0.3 is 0 Å². The fourth-order valence-corrected chi connectivity index (χ4v) is 3.20. The zero-order chi connectivity index (χ0) is 18.0. The van der Waals surface area contributed by atoms with Crippen LogP contribution in [0.2, 0.25) is 0 Å². The number of nitrogens with two attached hydrogens (primary N) is 2. The number of anilines is 1. The van der Waals surface area contributed by atoms with Crippen molar-refractivity contribution in [3.63, 3.8) is 0 Å². The number of sulfonamides is 1. The van der Waals surface area contributed by atoms with Crippen molar-refractivity contribution in [1.82, 2.24) is 9.97 Å². The van der Waals surface area contributed by atoms with Crippen LogP contribution in [0.15, 0.2) is 54.9 Å². The average Bonchev–Trinajstić information content (AvgIpc) is 2.55. The minimum Gasteiger partial charge on any atom is -0.382 e. The van der Waals surface area contributed by atoms with Gasteiger partial charge in [-0.15, -0.1) is 12.4 Å². The van der Waals surface area contributed by atoms with E-state index in [1.54, 1.807) is 36.4 Å². The van der Waals surface area contributed by atoms with Crippen molar-refractivity contribution in [2.24, 2.45) is 5.14 Å². The normalized spacial score (nSPS) is 11.0. The second kappa shape index (κ2) is 7.77. The van der Waals surface area contributed by atoms with Crippen LogP contribution in [-0.2, 0) is 15.8 Å². The van der Waals surface area contributed by atoms with Gasteiger partial charge < -0.3 is 5.73 Å². The van der Waals surface area contributed by atoms with E-state index in [0.717, 1.165) is 0 Å². The van der Waals surface area contributed by atoms with Gasteiger partial charge in [0.05, 0.1) is 23.8 Å². The SMILES string of the molecule is Cl.Nc1cnc(-c2ccc(-c3ccccc3CS(N)(=O)=O)cc2F)cn1. The maximum Gasteiger partial charge on any atom is 0.213 e. The number of primary sulfonamides is 1. The van der Waals surface area contributed by atoms with Crippen LogP contribution < -0.4 is 10.9 Å². The Balaban J connectivity index is 0.00000243. The van der Waals surface area contributed by atoms with Crippen molar-refractivity contribution in [2.75, 3.05) is 5.73 Å². The van der Waals surface area contributed by atoms with Gasteiger partial charge in [0, 0.05) is 5.56 Å². The quantitative estimate of drug-likeness (QED) is 0.706. The summed E-state index contributed by atoms with van der Waals surface area (Å²) in [5, 5.41) is 5.13. The molecule has 3 aromatic rings. The second-order valence-corrected chi connectivity index (χ2v) is 7.10. The van der Waals surface area contributed by atoms with Gasteiger partial charge in [-0.25, -0.2) is 22.9 Å². The Bertz CT molecular complexity index is 1030. The molecule has 0 aliphatic heterocycles. The van der Waals surface area contributed by atoms with Crippen LogP contribution in [0.3, 0.4) is 0 Å². The van der Waals surface area contributed by atoms with Gasteiger partial charge in [0.2, 0.25) is 10.0 Å². The highest BCUT2D eigenvalue weighted by molar-refractivity contribution is 7.88. The minimum atomic E-state index is -3.70. The predicted molar refractivity (Wildman–Crippen MR) is 101 cm³/mol. The van der Waals surface area contributed by atoms with Crippen LogP contribution in [0.5, 0.6) is 0 Å². The van der Waals surface area contributed by atoms with Crippen molar-refractivity contribution >= 4 is 28.2 Å². The third-order valence-corrected chi connectivity index (χ3v) is 4.32. The maximum absolute atomic E-state index is 14.5. The average molecular weight is 395 g/mol. The zero-order valence-electron chi connectivity index (χ0n) is 13.5. The molecule has 3 rings (SSSR count). The molecule has 0 aliphatic carbocycles. The van der Waals surface area contributed by atoms with Crippen LogP contribution in [0.1, 0.15) is 5.56 Å². The molecule has 136 valence electrons. The summed E-state index contributed by atoms with van der Waals surface area (Å²) in [6.45, 7) is 0. The monoisotopic (exact) mass is 394 g/mol. The summed E-state index contributed by atoms with van der Waals surface area (Å²) in [4.78, 5) is 7.95. The molecule has 0 aliphatic rings. The number of hydrogen-bond acceptors (Lipinski definition) is 5. The number of hydrogen-bond donors (Lipinski definition) is 2. The Morgan fingerprint density at radius 2 is 1.73 bits per heavy atom. The van der Waals surface area contributed by atoms with Gasteiger partial charge in [0.1, 0.15) is 11.6 Å². The Morgan fingerprint density at radius 3 is 2.35 bits per heavy atom. The van der Waals surface area contributed by atoms with Gasteiger partial charge in [-0.3, -0.25) is 4.98 Å². The Labute approximate surface area is 156 Å². The standard InChI is InChI=1S/C17H15FN4O2S.ClH/c18-15-7-11(5-6-14(15)16-8-22-17(19)9-21-16)13-4-2-1-3-12(13)10-25(20,23)24;/h1-9H,10H2,(H2,19,22)(H2,20,23,24);1H. The minimum absolute atomic E-state index is 0. The van der Waals surface area contributed by atoms with Crippen LogP contribution >= 0.6 is 12.4 Å². The molecule has 0 radical (unpaired) electrons. The first-order chi connectivity index (χ1) is 11.8. The van der Waals surface area contributed by atoms with E-state index in [2.05, 4.69) is 9.97 Å². The number of rotatable bonds is 4. The summed E-state index contributed by atoms with van der Waals surface area (Å²) in [6.07, 6.45) is 2.74. The summed E-state index contributed by atoms with van der Waals surface area (Å²) in [5.41, 5.74) is 7.77. The largest absolute Gasteiger partial charge is 0.382 e. The first kappa shape index (κ1) is 19.8. The van der Waals surface area contributed by atoms with Crippen LogP contribution in [0.4, 0.5) is 10.2 Å². The molecule has 0 fully saturated rings. The number of nitrogens with zero attached hydrogens (tertiary/aromatic N) is 2. The molecule has 2 aromatic carbocycles. The van der Waals surface area contributed by atoms with Gasteiger partial charge in [-0.05, 0) is 28.8 Å². The fraction of sp³-hybridized carbons (Fsp3) is 0.0588. The number of halogens is 2. The van der Waals surface area contributed by atoms with E-state index < -0.39 is 15.8 Å². The number of aromatic nitrogens is 2. The second-order valence-electron chi connectivity index (χ2n) is 5.49. The summed E-state index contributed by atoms with van der Waals surface area (Å²) < 4.78 is 37.3. The van der Waals surface area contributed by atoms with E-state index in [1.165, 1.54) is 18.5 Å². The first-order valence-corrected chi connectivity index (χ1v) is 9.01. The van der Waals surface area contributed by atoms with Gasteiger partial charge in [0.25, 0.3) is 0 Å². The van der Waals surface area contributed by atoms with Gasteiger partial charge in [-0.1, -0.05) is 30.3 Å². The van der Waals surface area contributed by atoms with Crippen molar-refractivity contribution in [3.8, 4) is 22.4 Å². The molecule has 26 heavy (non-hydrogen) atoms. The van der Waals surface area contributed by atoms with Crippen LogP contribution in [0.25, 0.3) is 22.4 Å². The van der Waals surface area contributed by atoms with Crippen molar-refractivity contribution in [2.45, 2.75) is 5.75 Å². The molecular formula is C17H16ClFN4O2S. The number of benzene rings is 2. The highest BCUT2D eigenvalue weighted by Gasteiger charge is 2.13. The molecule has 0 saturated carbocycles. The number of nitrogen functional groups attached to an aromatic ring is 1. The summed E-state index contributed by atoms with van der Waals surface area (Å²) >= 11 is 0. The van der Waals surface area contributed by atoms with Crippen LogP contribution in [0, 0.1) is 5.82 Å². The molecule has 0 bridgehead atoms. The molecule has 0 amide bonds. The topological polar surface area (TPSA) is 112 Å². The van der Waals surface area contributed by atoms with E-state index in [0.29, 0.717) is 22.4 Å². The zero-order valence-corrected chi connectivity index (χ0v) is 15.1. The Kier molecular flexibility index (Phi) is 5.91. The summed E-state index contributed by atoms with van der Waals surface area (Å²) in [7, 11) is -3.70. The van der Waals surface area contributed by atoms with Gasteiger partial charge in [-0.2, -0.15) is 0 Å². The van der Waals surface area contributed by atoms with Crippen molar-refractivity contribution in [3.05, 3.63) is 66.2 Å². The van der Waals surface area contributed by atoms with E-state index >= 15 is 0 Å². The van der Waals surface area contributed by atoms with E-state index in [9.17, 15) is 12.8 Å². The molecule has 0 spiro atoms. The summed E-state index contributed by atoms with van der Waals surface area (Å²) in [6, 6.07) is 11.4. The smallest absolute Gasteiger partial charge is 0.213 e. The highest BCUT2D eigenvalue weighted by Crippen LogP contribution is 2.29. The van der Waals surface area contributed by atoms with E-state index in [1.807, 2.05) is 0 Å². The molecule has 9 heteroatoms. The van der Waals surface area contributed by atoms with Crippen molar-refractivity contribution in [1.29, 1.82) is 0 Å². The predicted octanol–water partition coefficient (Wildman–Crippen LogP) is 2.74. The molecule has 0 unspecified atom stereocenters. The maximum atomic E-state index is 14.5. The molecule has 0 atom stereocenters.